The summed E-state index contributed by atoms with van der Waals surface area (Å²) in [7, 11) is 1.18. The summed E-state index contributed by atoms with van der Waals surface area (Å²) in [6, 6.07) is 22.4. The Balaban J connectivity index is 1.82. The number of ether oxygens (including phenoxy) is 1. The molecule has 2 aliphatic rings. The Morgan fingerprint density at radius 3 is 2.29 bits per heavy atom. The van der Waals surface area contributed by atoms with Crippen LogP contribution in [0.25, 0.3) is 0 Å². The number of rotatable bonds is 10. The first-order valence-corrected chi connectivity index (χ1v) is 14.7. The van der Waals surface area contributed by atoms with Gasteiger partial charge in [-0.05, 0) is 55.3 Å². The molecule has 34 heavy (non-hydrogen) atoms. The Labute approximate surface area is 211 Å². The lowest BCUT2D eigenvalue weighted by Gasteiger charge is -2.27. The van der Waals surface area contributed by atoms with Crippen molar-refractivity contribution in [1.82, 2.24) is 5.01 Å². The van der Waals surface area contributed by atoms with Crippen LogP contribution in [0.1, 0.15) is 40.0 Å². The van der Waals surface area contributed by atoms with E-state index in [4.69, 9.17) is 9.84 Å². The first-order chi connectivity index (χ1) is 16.6. The van der Waals surface area contributed by atoms with E-state index in [1.165, 1.54) is 33.6 Å². The maximum Gasteiger partial charge on any atom is 0.0808 e. The summed E-state index contributed by atoms with van der Waals surface area (Å²) in [6.07, 6.45) is 8.00. The van der Waals surface area contributed by atoms with Crippen LogP contribution in [0.5, 0.6) is 0 Å². The van der Waals surface area contributed by atoms with Crippen LogP contribution in [-0.2, 0) is 4.74 Å². The number of methoxy groups -OCH3 is 1. The number of benzene rings is 2. The lowest BCUT2D eigenvalue weighted by molar-refractivity contribution is 0.118. The summed E-state index contributed by atoms with van der Waals surface area (Å²) in [5.41, 5.74) is 2.58. The second-order valence-electron chi connectivity index (χ2n) is 9.20. The highest BCUT2D eigenvalue weighted by Gasteiger charge is 2.30. The second kappa shape index (κ2) is 12.2. The van der Waals surface area contributed by atoms with E-state index in [0.29, 0.717) is 16.5 Å². The van der Waals surface area contributed by atoms with Gasteiger partial charge in [0.2, 0.25) is 0 Å². The summed E-state index contributed by atoms with van der Waals surface area (Å²) >= 11 is 2.00. The maximum atomic E-state index is 5.52. The minimum Gasteiger partial charge on any atom is -0.382 e. The molecule has 1 saturated heterocycles. The molecule has 1 aliphatic carbocycles. The molecular formula is C29H37N2OPS. The molecule has 0 bridgehead atoms. The van der Waals surface area contributed by atoms with Gasteiger partial charge >= 0.3 is 0 Å². The Morgan fingerprint density at radius 1 is 1.06 bits per heavy atom. The van der Waals surface area contributed by atoms with Crippen LogP contribution >= 0.6 is 19.7 Å². The molecule has 3 nitrogen and oxygen atoms in total. The average Bonchev–Trinajstić information content (AvgIpc) is 3.48. The Kier molecular flexibility index (Phi) is 9.05. The number of thioether (sulfide) groups is 1. The molecule has 0 spiro atoms. The summed E-state index contributed by atoms with van der Waals surface area (Å²) in [5.74, 6) is 0. The third-order valence-electron chi connectivity index (χ3n) is 6.28. The van der Waals surface area contributed by atoms with Crippen molar-refractivity contribution in [2.45, 2.75) is 56.6 Å². The Hall–Kier alpha value is -1.87. The summed E-state index contributed by atoms with van der Waals surface area (Å²) in [4.78, 5) is 0. The van der Waals surface area contributed by atoms with Gasteiger partial charge in [0, 0.05) is 24.5 Å². The average molecular weight is 493 g/mol. The zero-order valence-corrected chi connectivity index (χ0v) is 22.6. The number of nitrogens with zero attached hydrogens (tertiary/aromatic N) is 2. The van der Waals surface area contributed by atoms with Crippen molar-refractivity contribution in [2.75, 3.05) is 20.3 Å². The van der Waals surface area contributed by atoms with Gasteiger partial charge in [-0.3, -0.25) is 5.01 Å². The fourth-order valence-corrected chi connectivity index (χ4v) is 8.53. The van der Waals surface area contributed by atoms with Crippen LogP contribution in [0, 0.1) is 0 Å². The highest BCUT2D eigenvalue weighted by Crippen LogP contribution is 2.49. The highest BCUT2D eigenvalue weighted by molar-refractivity contribution is 8.01. The molecule has 0 aromatic heterocycles. The Morgan fingerprint density at radius 2 is 1.71 bits per heavy atom. The molecule has 180 valence electrons. The number of hydrazone groups is 1. The standard InChI is InChI=1S/C29H37N2OPS/c1-22(2)34-23(3)29(30-31-20-12-13-24(31)21-32-4)27-18-11-19-28(27)33(25-14-7-5-8-15-25)26-16-9-6-10-17-26/h5-11,14-18,22-24H,12-13,19-21H2,1-4H3/b30-29+. The molecule has 0 saturated carbocycles. The van der Waals surface area contributed by atoms with Crippen molar-refractivity contribution in [2.24, 2.45) is 5.10 Å². The molecule has 1 heterocycles. The molecule has 1 aliphatic heterocycles. The van der Waals surface area contributed by atoms with Gasteiger partial charge in [0.1, 0.15) is 0 Å². The lowest BCUT2D eigenvalue weighted by Crippen LogP contribution is -2.32. The van der Waals surface area contributed by atoms with Gasteiger partial charge in [-0.2, -0.15) is 5.10 Å². The van der Waals surface area contributed by atoms with Crippen molar-refractivity contribution in [3.63, 3.8) is 0 Å². The molecule has 2 atom stereocenters. The fraction of sp³-hybridized carbons (Fsp3) is 0.414. The summed E-state index contributed by atoms with van der Waals surface area (Å²) < 4.78 is 5.52. The van der Waals surface area contributed by atoms with E-state index in [-0.39, 0.29) is 0 Å². The minimum atomic E-state index is -0.621. The molecule has 2 unspecified atom stereocenters. The predicted octanol–water partition coefficient (Wildman–Crippen LogP) is 6.33. The third-order valence-corrected chi connectivity index (χ3v) is 10.1. The topological polar surface area (TPSA) is 24.8 Å². The minimum absolute atomic E-state index is 0.319. The van der Waals surface area contributed by atoms with Gasteiger partial charge in [-0.25, -0.2) is 0 Å². The molecule has 4 rings (SSSR count). The van der Waals surface area contributed by atoms with Crippen molar-refractivity contribution in [1.29, 1.82) is 0 Å². The molecule has 2 aromatic rings. The van der Waals surface area contributed by atoms with E-state index in [9.17, 15) is 0 Å². The second-order valence-corrected chi connectivity index (χ2v) is 13.4. The quantitative estimate of drug-likeness (QED) is 0.286. The van der Waals surface area contributed by atoms with Crippen molar-refractivity contribution < 1.29 is 4.74 Å². The molecule has 0 amide bonds. The predicted molar refractivity (Wildman–Crippen MR) is 151 cm³/mol. The SMILES string of the molecule is COCC1CCCN1/N=C(/C1=C(P(c2ccccc2)c2ccccc2)CC=C1)C(C)SC(C)C. The van der Waals surface area contributed by atoms with Crippen LogP contribution in [0.2, 0.25) is 0 Å². The van der Waals surface area contributed by atoms with Gasteiger partial charge in [0.05, 0.1) is 18.4 Å². The zero-order valence-electron chi connectivity index (χ0n) is 20.9. The number of allylic oxidation sites excluding steroid dienone is 4. The van der Waals surface area contributed by atoms with Crippen LogP contribution in [0.15, 0.2) is 88.8 Å². The van der Waals surface area contributed by atoms with Crippen LogP contribution in [-0.4, -0.2) is 47.5 Å². The zero-order chi connectivity index (χ0) is 23.9. The molecule has 0 N–H and O–H groups in total. The van der Waals surface area contributed by atoms with Crippen molar-refractivity contribution in [3.8, 4) is 0 Å². The van der Waals surface area contributed by atoms with Gasteiger partial charge in [-0.1, -0.05) is 86.7 Å². The largest absolute Gasteiger partial charge is 0.382 e. The van der Waals surface area contributed by atoms with Crippen LogP contribution < -0.4 is 10.6 Å². The summed E-state index contributed by atoms with van der Waals surface area (Å²) in [6.45, 7) is 8.64. The van der Waals surface area contributed by atoms with Crippen LogP contribution in [0.3, 0.4) is 0 Å². The normalized spacial score (nSPS) is 19.6. The van der Waals surface area contributed by atoms with E-state index < -0.39 is 7.92 Å². The molecule has 0 radical (unpaired) electrons. The Bertz CT molecular complexity index is 979. The van der Waals surface area contributed by atoms with E-state index in [1.807, 2.05) is 11.8 Å². The van der Waals surface area contributed by atoms with E-state index >= 15 is 0 Å². The van der Waals surface area contributed by atoms with E-state index in [1.54, 1.807) is 7.11 Å². The van der Waals surface area contributed by atoms with Gasteiger partial charge < -0.3 is 4.74 Å². The first kappa shape index (κ1) is 25.2. The third kappa shape index (κ3) is 6.03. The monoisotopic (exact) mass is 492 g/mol. The molecule has 5 heteroatoms. The number of hydrogen-bond donors (Lipinski definition) is 0. The molecule has 2 aromatic carbocycles. The van der Waals surface area contributed by atoms with Gasteiger partial charge in [-0.15, -0.1) is 11.8 Å². The summed E-state index contributed by atoms with van der Waals surface area (Å²) in [5, 5.41) is 12.9. The number of hydrogen-bond acceptors (Lipinski definition) is 4. The first-order valence-electron chi connectivity index (χ1n) is 12.4. The van der Waals surface area contributed by atoms with Crippen molar-refractivity contribution >= 4 is 36.0 Å². The fourth-order valence-electron chi connectivity index (χ4n) is 4.83. The highest BCUT2D eigenvalue weighted by atomic mass is 32.2. The van der Waals surface area contributed by atoms with Gasteiger partial charge in [0.25, 0.3) is 0 Å². The molecule has 1 fully saturated rings. The molecular weight excluding hydrogens is 455 g/mol. The smallest absolute Gasteiger partial charge is 0.0808 e. The maximum absolute atomic E-state index is 5.52. The van der Waals surface area contributed by atoms with E-state index in [2.05, 4.69) is 98.6 Å². The van der Waals surface area contributed by atoms with Gasteiger partial charge in [0.15, 0.2) is 0 Å². The van der Waals surface area contributed by atoms with Crippen LogP contribution in [0.4, 0.5) is 0 Å². The lowest BCUT2D eigenvalue weighted by atomic mass is 10.1. The van der Waals surface area contributed by atoms with Crippen molar-refractivity contribution in [3.05, 3.63) is 83.7 Å². The van der Waals surface area contributed by atoms with E-state index in [0.717, 1.165) is 26.0 Å².